The molecule has 0 bridgehead atoms. The number of benzene rings is 6. The van der Waals surface area contributed by atoms with Gasteiger partial charge in [0.15, 0.2) is 5.78 Å². The first-order valence-corrected chi connectivity index (χ1v) is 43.6. The average molecular weight is 1710 g/mol. The molecule has 1 saturated carbocycles. The Morgan fingerprint density at radius 2 is 0.805 bits per heavy atom. The number of alkyl halides is 1. The largest absolute Gasteiger partial charge is 0.459 e. The molecule has 1 aliphatic rings. The van der Waals surface area contributed by atoms with E-state index < -0.39 is 108 Å². The number of hydrogen-bond donors (Lipinski definition) is 1. The minimum atomic E-state index is -4.12. The van der Waals surface area contributed by atoms with E-state index >= 15 is 0 Å². The van der Waals surface area contributed by atoms with E-state index in [0.717, 1.165) is 59.9 Å². The SMILES string of the molecule is C=C(C)C(=O)Nc1ccc(S(=O)(=O)OC2CCCCC2)cc1.C=Cc1ccc(S(=O)(=O)OC(C)C(C)=O)cc1.C=Cc1ccc(S(=O)(=O)OC(C)CCl)cc1.C=Cc1ccc(S(=O)(=O)OC(C)COC)cc1.C=Cc1ccc(S(=O)(=O)OCC(C)(C(C)=O)C(=O)OC(C)(C)C)cc1.C=Cc1ccc(S(=O)(=O)OCCOC)cc1. The van der Waals surface area contributed by atoms with Crippen molar-refractivity contribution >= 4 is 132 Å². The van der Waals surface area contributed by atoms with E-state index in [4.69, 9.17) is 50.9 Å². The number of nitrogens with one attached hydrogen (secondary N) is 1. The molecule has 7 rings (SSSR count). The third kappa shape index (κ3) is 36.0. The van der Waals surface area contributed by atoms with E-state index in [1.165, 1.54) is 127 Å². The van der Waals surface area contributed by atoms with Crippen LogP contribution in [-0.2, 0) is 119 Å². The van der Waals surface area contributed by atoms with E-state index in [-0.39, 0.29) is 72.9 Å². The summed E-state index contributed by atoms with van der Waals surface area (Å²) < 4.78 is 187. The van der Waals surface area contributed by atoms with Crippen LogP contribution in [0.25, 0.3) is 30.4 Å². The second-order valence-electron chi connectivity index (χ2n) is 25.9. The highest BCUT2D eigenvalue weighted by Gasteiger charge is 2.44. The molecule has 4 unspecified atom stereocenters. The number of anilines is 1. The van der Waals surface area contributed by atoms with Crippen LogP contribution in [0, 0.1) is 5.41 Å². The maximum absolute atomic E-state index is 12.3. The molecular formula is C80H102ClNO25S6. The van der Waals surface area contributed by atoms with Crippen molar-refractivity contribution in [1.29, 1.82) is 0 Å². The van der Waals surface area contributed by atoms with Crippen LogP contribution in [0.1, 0.15) is 129 Å². The van der Waals surface area contributed by atoms with Gasteiger partial charge in [-0.15, -0.1) is 11.6 Å². The van der Waals surface area contributed by atoms with E-state index in [9.17, 15) is 69.7 Å². The summed E-state index contributed by atoms with van der Waals surface area (Å²) in [5.74, 6) is -1.88. The fraction of sp³-hybridized carbons (Fsp3) is 0.350. The summed E-state index contributed by atoms with van der Waals surface area (Å²) in [6.45, 7) is 36.3. The summed E-state index contributed by atoms with van der Waals surface area (Å²) in [5, 5.41) is 2.63. The van der Waals surface area contributed by atoms with Crippen LogP contribution in [0.3, 0.4) is 0 Å². The lowest BCUT2D eigenvalue weighted by atomic mass is 9.87. The number of ether oxygens (including phenoxy) is 3. The van der Waals surface area contributed by atoms with Gasteiger partial charge in [0.1, 0.15) is 22.9 Å². The molecule has 113 heavy (non-hydrogen) atoms. The van der Waals surface area contributed by atoms with Crippen molar-refractivity contribution in [3.05, 3.63) is 218 Å². The number of methoxy groups -OCH3 is 2. The van der Waals surface area contributed by atoms with Gasteiger partial charge in [-0.05, 0) is 195 Å². The Labute approximate surface area is 672 Å². The van der Waals surface area contributed by atoms with Gasteiger partial charge in [0, 0.05) is 31.4 Å². The number of carbonyl (C=O) groups excluding carboxylic acids is 4. The number of Topliss-reactive ketones (excluding diaryl/α,β-unsaturated/α-hetero) is 2. The standard InChI is InChI=1S/C18H24O6S.C16H21NO4S.C12H16O4S.C12H14O4S.C11H13ClO3S.C11H14O4S/c1-7-14-8-10-15(11-9-14)25(21,22)23-12-18(6,13(2)19)16(20)24-17(3,4)5;1-12(2)16(18)17-13-8-10-15(11-9-13)22(19,20)21-14-6-4-3-5-7-14;1-4-11-5-7-12(8-6-11)17(13,14)16-10(2)9-15-3;1-4-11-5-7-12(8-6-11)17(14,15)16-10(3)9(2)13;1-3-10-4-6-11(7-5-10)16(13,14)15-9(2)8-12;1-3-10-4-6-11(7-5-10)16(12,13)15-9-8-14-2/h7-11H,1,12H2,2-6H3;8-11,14H,1,3-7H2,2H3,(H,17,18);4-8,10H,1,9H2,2-3H3;4-8,10H,1H2,2-3H3;3-7,9H,1,8H2,2H3;3-7H,1,8-9H2,2H3. The third-order valence-electron chi connectivity index (χ3n) is 15.3. The normalized spacial score (nSPS) is 13.8. The predicted octanol–water partition coefficient (Wildman–Crippen LogP) is 14.6. The minimum Gasteiger partial charge on any atom is -0.459 e. The highest BCUT2D eigenvalue weighted by molar-refractivity contribution is 7.88. The Morgan fingerprint density at radius 1 is 0.469 bits per heavy atom. The van der Waals surface area contributed by atoms with Gasteiger partial charge in [0.05, 0.1) is 74.1 Å². The van der Waals surface area contributed by atoms with E-state index in [2.05, 4.69) is 44.8 Å². The smallest absolute Gasteiger partial charge is 0.322 e. The first-order chi connectivity index (χ1) is 52.6. The lowest BCUT2D eigenvalue weighted by Crippen LogP contribution is -2.44. The van der Waals surface area contributed by atoms with Crippen LogP contribution in [0.4, 0.5) is 5.69 Å². The molecule has 6 aromatic carbocycles. The van der Waals surface area contributed by atoms with Crippen molar-refractivity contribution in [2.75, 3.05) is 51.8 Å². The maximum atomic E-state index is 12.3. The zero-order valence-corrected chi connectivity index (χ0v) is 71.1. The lowest BCUT2D eigenvalue weighted by molar-refractivity contribution is -0.170. The molecule has 1 N–H and O–H groups in total. The fourth-order valence-corrected chi connectivity index (χ4v) is 15.0. The van der Waals surface area contributed by atoms with Gasteiger partial charge < -0.3 is 19.5 Å². The molecule has 0 spiro atoms. The number of halogens is 1. The first-order valence-electron chi connectivity index (χ1n) is 34.7. The topological polar surface area (TPSA) is 368 Å². The van der Waals surface area contributed by atoms with E-state index in [1.54, 1.807) is 133 Å². The molecule has 1 aliphatic carbocycles. The van der Waals surface area contributed by atoms with Gasteiger partial charge in [-0.2, -0.15) is 50.5 Å². The summed E-state index contributed by atoms with van der Waals surface area (Å²) in [6, 6.07) is 36.8. The van der Waals surface area contributed by atoms with Gasteiger partial charge in [0.2, 0.25) is 0 Å². The zero-order valence-electron chi connectivity index (χ0n) is 65.4. The molecule has 4 atom stereocenters. The van der Waals surface area contributed by atoms with Crippen molar-refractivity contribution in [3.8, 4) is 0 Å². The quantitative estimate of drug-likeness (QED) is 0.00979. The number of esters is 1. The van der Waals surface area contributed by atoms with Crippen molar-refractivity contribution in [3.63, 3.8) is 0 Å². The second kappa shape index (κ2) is 47.5. The highest BCUT2D eigenvalue weighted by atomic mass is 35.5. The Morgan fingerprint density at radius 3 is 1.12 bits per heavy atom. The third-order valence-corrected chi connectivity index (χ3v) is 24.0. The molecule has 1 amide bonds. The number of ketones is 2. The molecule has 1 fully saturated rings. The number of amides is 1. The maximum Gasteiger partial charge on any atom is 0.322 e. The van der Waals surface area contributed by atoms with E-state index in [1.807, 2.05) is 0 Å². The van der Waals surface area contributed by atoms with Gasteiger partial charge >= 0.3 is 5.97 Å². The molecule has 0 aliphatic heterocycles. The van der Waals surface area contributed by atoms with Crippen molar-refractivity contribution in [1.82, 2.24) is 0 Å². The van der Waals surface area contributed by atoms with Crippen LogP contribution in [0.5, 0.6) is 0 Å². The van der Waals surface area contributed by atoms with Crippen LogP contribution in [-0.4, -0.2) is 150 Å². The monoisotopic (exact) mass is 1700 g/mol. The molecule has 33 heteroatoms. The minimum absolute atomic E-state index is 0.0159. The Kier molecular flexibility index (Phi) is 42.4. The van der Waals surface area contributed by atoms with Crippen LogP contribution >= 0.6 is 11.6 Å². The molecule has 6 aromatic rings. The molecule has 26 nitrogen and oxygen atoms in total. The number of hydrogen-bond acceptors (Lipinski definition) is 25. The summed E-state index contributed by atoms with van der Waals surface area (Å²) in [7, 11) is -19.9. The predicted molar refractivity (Wildman–Crippen MR) is 437 cm³/mol. The van der Waals surface area contributed by atoms with Crippen LogP contribution in [0.15, 0.2) is 220 Å². The Balaban J connectivity index is 0.000000464. The fourth-order valence-electron chi connectivity index (χ4n) is 8.59. The second-order valence-corrected chi connectivity index (χ2v) is 35.8. The average Bonchev–Trinajstić information content (AvgIpc) is 0.803. The van der Waals surface area contributed by atoms with E-state index in [0.29, 0.717) is 11.3 Å². The molecule has 0 aromatic heterocycles. The molecular weight excluding hydrogens is 1600 g/mol. The lowest BCUT2D eigenvalue weighted by Gasteiger charge is -2.29. The highest BCUT2D eigenvalue weighted by Crippen LogP contribution is 2.29. The molecule has 0 radical (unpaired) electrons. The van der Waals surface area contributed by atoms with Crippen molar-refractivity contribution in [2.45, 2.75) is 161 Å². The Bertz CT molecular complexity index is 4850. The summed E-state index contributed by atoms with van der Waals surface area (Å²) >= 11 is 5.49. The van der Waals surface area contributed by atoms with Crippen molar-refractivity contribution < 1.29 is 109 Å². The van der Waals surface area contributed by atoms with Crippen LogP contribution in [0.2, 0.25) is 0 Å². The molecule has 0 saturated heterocycles. The molecule has 620 valence electrons. The summed E-state index contributed by atoms with van der Waals surface area (Å²) in [6.07, 6.45) is 10.6. The summed E-state index contributed by atoms with van der Waals surface area (Å²) in [4.78, 5) is 47.2. The van der Waals surface area contributed by atoms with Gasteiger partial charge in [-0.1, -0.05) is 150 Å². The Hall–Kier alpha value is -8.29. The zero-order chi connectivity index (χ0) is 85.8. The summed E-state index contributed by atoms with van der Waals surface area (Å²) in [5.41, 5.74) is 2.50. The first kappa shape index (κ1) is 101. The number of rotatable bonds is 34. The van der Waals surface area contributed by atoms with Gasteiger partial charge in [-0.3, -0.25) is 44.3 Å². The molecule has 0 heterocycles. The van der Waals surface area contributed by atoms with Gasteiger partial charge in [0.25, 0.3) is 66.6 Å². The van der Waals surface area contributed by atoms with Gasteiger partial charge in [-0.25, -0.2) is 0 Å². The van der Waals surface area contributed by atoms with Crippen LogP contribution < -0.4 is 5.32 Å². The number of carbonyl (C=O) groups is 4. The van der Waals surface area contributed by atoms with Crippen molar-refractivity contribution in [2.24, 2.45) is 5.41 Å².